The Morgan fingerprint density at radius 3 is 2.16 bits per heavy atom. The summed E-state index contributed by atoms with van der Waals surface area (Å²) < 4.78 is 0. The monoisotopic (exact) mass is 635 g/mol. The van der Waals surface area contributed by atoms with Crippen molar-refractivity contribution in [2.75, 3.05) is 51.5 Å². The Morgan fingerprint density at radius 2 is 1.48 bits per heavy atom. The van der Waals surface area contributed by atoms with Gasteiger partial charge in [-0.15, -0.1) is 0 Å². The molecule has 0 radical (unpaired) electrons. The number of carbonyl (C=O) groups excluding carboxylic acids is 3. The number of hydrogen-bond donors (Lipinski definition) is 2. The van der Waals surface area contributed by atoms with Gasteiger partial charge >= 0.3 is 12.2 Å². The van der Waals surface area contributed by atoms with Crippen LogP contribution in [0, 0.1) is 0 Å². The molecule has 0 unspecified atom stereocenters. The van der Waals surface area contributed by atoms with E-state index >= 15 is 0 Å². The first-order valence-electron chi connectivity index (χ1n) is 13.6. The largest absolute Gasteiger partial charge is 0.373 e. The molecule has 44 heavy (non-hydrogen) atoms. The van der Waals surface area contributed by atoms with E-state index in [4.69, 9.17) is 32.8 Å². The molecule has 2 saturated heterocycles. The molecular formula is C28H27Cl2N11O3. The highest BCUT2D eigenvalue weighted by molar-refractivity contribution is 6.30. The van der Waals surface area contributed by atoms with Crippen molar-refractivity contribution >= 4 is 64.2 Å². The van der Waals surface area contributed by atoms with Gasteiger partial charge in [-0.1, -0.05) is 23.2 Å². The number of hydrogen-bond acceptors (Lipinski definition) is 12. The van der Waals surface area contributed by atoms with Gasteiger partial charge in [-0.3, -0.25) is 25.2 Å². The average Bonchev–Trinajstić information content (AvgIpc) is 3.64. The van der Waals surface area contributed by atoms with Gasteiger partial charge in [-0.05, 0) is 37.1 Å². The van der Waals surface area contributed by atoms with E-state index in [1.165, 1.54) is 24.5 Å². The van der Waals surface area contributed by atoms with E-state index in [2.05, 4.69) is 50.3 Å². The zero-order valence-corrected chi connectivity index (χ0v) is 24.8. The number of anilines is 5. The van der Waals surface area contributed by atoms with Crippen LogP contribution in [0.25, 0.3) is 0 Å². The molecule has 0 saturated carbocycles. The summed E-state index contributed by atoms with van der Waals surface area (Å²) in [5.41, 5.74) is 2.13. The van der Waals surface area contributed by atoms with Crippen molar-refractivity contribution < 1.29 is 14.4 Å². The highest BCUT2D eigenvalue weighted by Crippen LogP contribution is 2.39. The fourth-order valence-corrected chi connectivity index (χ4v) is 5.61. The van der Waals surface area contributed by atoms with Gasteiger partial charge in [0.2, 0.25) is 0 Å². The third kappa shape index (κ3) is 7.35. The Morgan fingerprint density at radius 1 is 0.841 bits per heavy atom. The van der Waals surface area contributed by atoms with E-state index < -0.39 is 0 Å². The van der Waals surface area contributed by atoms with Gasteiger partial charge in [0.1, 0.15) is 10.3 Å². The maximum Gasteiger partial charge on any atom is 0.373 e. The van der Waals surface area contributed by atoms with E-state index in [1.807, 2.05) is 18.2 Å². The summed E-state index contributed by atoms with van der Waals surface area (Å²) in [6, 6.07) is 7.95. The molecule has 4 aliphatic heterocycles. The van der Waals surface area contributed by atoms with Crippen LogP contribution < -0.4 is 25.3 Å². The predicted molar refractivity (Wildman–Crippen MR) is 164 cm³/mol. The highest BCUT2D eigenvalue weighted by atomic mass is 35.5. The highest BCUT2D eigenvalue weighted by Gasteiger charge is 2.40. The maximum atomic E-state index is 12.7. The normalized spacial score (nSPS) is 17.9. The second kappa shape index (κ2) is 14.5. The number of halogens is 2. The zero-order chi connectivity index (χ0) is 30.9. The smallest absolute Gasteiger partial charge is 0.366 e. The van der Waals surface area contributed by atoms with Crippen molar-refractivity contribution in [1.82, 2.24) is 29.9 Å². The van der Waals surface area contributed by atoms with Gasteiger partial charge in [0.25, 0.3) is 0 Å². The Labute approximate surface area is 262 Å². The minimum Gasteiger partial charge on any atom is -0.366 e. The van der Waals surface area contributed by atoms with E-state index in [0.29, 0.717) is 28.0 Å². The number of fused-ring (bicyclic) bond motifs is 8. The molecule has 0 aromatic carbocycles. The number of nitrogens with one attached hydrogen (secondary N) is 2. The summed E-state index contributed by atoms with van der Waals surface area (Å²) in [5, 5.41) is 7.10. The molecular weight excluding hydrogens is 609 g/mol. The molecule has 2 amide bonds. The zero-order valence-electron chi connectivity index (χ0n) is 23.3. The maximum absolute atomic E-state index is 12.7. The first-order valence-corrected chi connectivity index (χ1v) is 14.4. The lowest BCUT2D eigenvalue weighted by molar-refractivity contribution is -0.191. The van der Waals surface area contributed by atoms with Gasteiger partial charge in [-0.25, -0.2) is 19.7 Å². The molecule has 8 heterocycles. The van der Waals surface area contributed by atoms with E-state index in [9.17, 15) is 4.79 Å². The summed E-state index contributed by atoms with van der Waals surface area (Å²) in [6.45, 7) is 3.96. The molecule has 4 bridgehead atoms. The van der Waals surface area contributed by atoms with Crippen molar-refractivity contribution in [3.63, 3.8) is 0 Å². The van der Waals surface area contributed by atoms with Crippen LogP contribution in [0.4, 0.5) is 33.6 Å². The Hall–Kier alpha value is -4.91. The third-order valence-electron chi connectivity index (χ3n) is 7.12. The second-order valence-corrected chi connectivity index (χ2v) is 10.6. The Kier molecular flexibility index (Phi) is 10.1. The number of amides is 2. The van der Waals surface area contributed by atoms with Gasteiger partial charge in [0.15, 0.2) is 17.5 Å². The van der Waals surface area contributed by atoms with E-state index in [1.54, 1.807) is 42.0 Å². The standard InChI is InChI=1S/C14H13ClN6O.C9H10ClN3.C4H4N2.CO2/c15-11-2-1-10-13(18-11)21(9-3-6-20(10)8-9)14(22)19-12-7-16-4-5-17-12;10-8-2-1-7-9(12-8)11-6-3-4-13(7)5-6;1-2-6-4-3-5-1;2-1-3/h1-2,4-5,7,9H,3,6,8H2,(H,17,19,22);1-2,6H,3-5H2,(H,11,12);1-4H;/t9-;6-;;/m11../s1. The second-order valence-electron chi connectivity index (χ2n) is 9.81. The number of carbonyl (C=O) groups is 1. The molecule has 0 spiro atoms. The molecule has 2 fully saturated rings. The van der Waals surface area contributed by atoms with Crippen LogP contribution in [0.2, 0.25) is 10.3 Å². The topological polar surface area (TPSA) is 162 Å². The lowest BCUT2D eigenvalue weighted by Crippen LogP contribution is -2.48. The van der Waals surface area contributed by atoms with E-state index in [-0.39, 0.29) is 18.2 Å². The predicted octanol–water partition coefficient (Wildman–Crippen LogP) is 3.79. The quantitative estimate of drug-likeness (QED) is 0.291. The van der Waals surface area contributed by atoms with Crippen LogP contribution in [0.1, 0.15) is 12.8 Å². The molecule has 226 valence electrons. The van der Waals surface area contributed by atoms with Crippen molar-refractivity contribution in [3.05, 3.63) is 77.9 Å². The van der Waals surface area contributed by atoms with Gasteiger partial charge < -0.3 is 15.1 Å². The minimum absolute atomic E-state index is 0.0927. The van der Waals surface area contributed by atoms with Gasteiger partial charge in [0.05, 0.1) is 23.6 Å². The fourth-order valence-electron chi connectivity index (χ4n) is 5.31. The molecule has 4 aromatic heterocycles. The number of rotatable bonds is 1. The van der Waals surface area contributed by atoms with E-state index in [0.717, 1.165) is 44.1 Å². The molecule has 0 aliphatic carbocycles. The summed E-state index contributed by atoms with van der Waals surface area (Å²) in [6.07, 6.45) is 13.5. The van der Waals surface area contributed by atoms with Crippen LogP contribution in [-0.2, 0) is 9.59 Å². The van der Waals surface area contributed by atoms with Crippen LogP contribution >= 0.6 is 23.2 Å². The third-order valence-corrected chi connectivity index (χ3v) is 7.54. The van der Waals surface area contributed by atoms with Crippen molar-refractivity contribution in [1.29, 1.82) is 0 Å². The lowest BCUT2D eigenvalue weighted by Gasteiger charge is -2.35. The molecule has 2 N–H and O–H groups in total. The SMILES string of the molecule is Clc1ccc2c(n1)N[C@@H]1CCN2C1.O=C(Nc1cnccn1)N1c2nc(Cl)ccc2N2CC[C@@H]1C2.O=C=O.c1cnccn1. The fraction of sp³-hybridized carbons (Fsp3) is 0.286. The summed E-state index contributed by atoms with van der Waals surface area (Å²) in [7, 11) is 0. The van der Waals surface area contributed by atoms with Crippen LogP contribution in [-0.4, -0.2) is 80.3 Å². The van der Waals surface area contributed by atoms with Crippen molar-refractivity contribution in [2.45, 2.75) is 24.9 Å². The molecule has 8 rings (SSSR count). The van der Waals surface area contributed by atoms with Gasteiger partial charge in [-0.2, -0.15) is 9.59 Å². The summed E-state index contributed by atoms with van der Waals surface area (Å²) in [5.74, 6) is 1.96. The number of nitrogens with zero attached hydrogens (tertiary/aromatic N) is 9. The first kappa shape index (κ1) is 30.5. The Bertz CT molecular complexity index is 1570. The Balaban J connectivity index is 0.000000146. The van der Waals surface area contributed by atoms with Gasteiger partial charge in [0, 0.05) is 69.4 Å². The summed E-state index contributed by atoms with van der Waals surface area (Å²) >= 11 is 11.8. The van der Waals surface area contributed by atoms with Crippen LogP contribution in [0.15, 0.2) is 67.6 Å². The summed E-state index contributed by atoms with van der Waals surface area (Å²) in [4.78, 5) is 59.3. The van der Waals surface area contributed by atoms with Crippen molar-refractivity contribution in [3.8, 4) is 0 Å². The molecule has 16 heteroatoms. The molecule has 4 aliphatic rings. The average molecular weight is 637 g/mol. The molecule has 14 nitrogen and oxygen atoms in total. The first-order chi connectivity index (χ1) is 21.5. The minimum atomic E-state index is -0.261. The molecule has 2 atom stereocenters. The number of aromatic nitrogens is 6. The van der Waals surface area contributed by atoms with Crippen LogP contribution in [0.3, 0.4) is 0 Å². The molecule has 4 aromatic rings. The number of urea groups is 1. The van der Waals surface area contributed by atoms with Crippen molar-refractivity contribution in [2.24, 2.45) is 0 Å². The number of pyridine rings is 2. The lowest BCUT2D eigenvalue weighted by atomic mass is 10.2. The van der Waals surface area contributed by atoms with Crippen LogP contribution in [0.5, 0.6) is 0 Å².